The van der Waals surface area contributed by atoms with E-state index < -0.39 is 5.97 Å². The van der Waals surface area contributed by atoms with Crippen molar-refractivity contribution in [3.8, 4) is 0 Å². The largest absolute Gasteiger partial charge is 0.481 e. The standard InChI is InChI=1S/C8H16O3/c1-4-11-5-7(6(2)3)8(9)10/h6-7H,4-5H2,1-3H3,(H,9,10). The fourth-order valence-corrected chi connectivity index (χ4v) is 0.794. The van der Waals surface area contributed by atoms with Gasteiger partial charge >= 0.3 is 5.97 Å². The molecule has 0 radical (unpaired) electrons. The Morgan fingerprint density at radius 2 is 2.09 bits per heavy atom. The van der Waals surface area contributed by atoms with Crippen LogP contribution >= 0.6 is 0 Å². The molecule has 0 amide bonds. The van der Waals surface area contributed by atoms with E-state index in [0.29, 0.717) is 13.2 Å². The summed E-state index contributed by atoms with van der Waals surface area (Å²) in [4.78, 5) is 10.6. The molecule has 0 aliphatic heterocycles. The van der Waals surface area contributed by atoms with Gasteiger partial charge in [-0.05, 0) is 12.8 Å². The summed E-state index contributed by atoms with van der Waals surface area (Å²) in [5.74, 6) is -0.998. The average molecular weight is 160 g/mol. The fraction of sp³-hybridized carbons (Fsp3) is 0.875. The average Bonchev–Trinajstić information content (AvgIpc) is 1.87. The lowest BCUT2D eigenvalue weighted by atomic mass is 9.97. The summed E-state index contributed by atoms with van der Waals surface area (Å²) in [7, 11) is 0. The minimum atomic E-state index is -0.770. The van der Waals surface area contributed by atoms with Crippen molar-refractivity contribution in [1.82, 2.24) is 0 Å². The van der Waals surface area contributed by atoms with Gasteiger partial charge in [-0.25, -0.2) is 0 Å². The van der Waals surface area contributed by atoms with E-state index in [9.17, 15) is 4.79 Å². The maximum atomic E-state index is 10.6. The van der Waals surface area contributed by atoms with Gasteiger partial charge in [-0.1, -0.05) is 13.8 Å². The van der Waals surface area contributed by atoms with Crippen molar-refractivity contribution < 1.29 is 14.6 Å². The molecule has 11 heavy (non-hydrogen) atoms. The molecule has 0 aliphatic carbocycles. The van der Waals surface area contributed by atoms with Crippen LogP contribution in [0.25, 0.3) is 0 Å². The molecular formula is C8H16O3. The van der Waals surface area contributed by atoms with Crippen molar-refractivity contribution in [2.24, 2.45) is 11.8 Å². The van der Waals surface area contributed by atoms with Gasteiger partial charge in [0.05, 0.1) is 12.5 Å². The molecule has 0 fully saturated rings. The number of hydrogen-bond acceptors (Lipinski definition) is 2. The van der Waals surface area contributed by atoms with Crippen LogP contribution in [0.15, 0.2) is 0 Å². The second-order valence-electron chi connectivity index (χ2n) is 2.85. The number of carboxylic acid groups (broad SMARTS) is 1. The molecular weight excluding hydrogens is 144 g/mol. The first-order valence-electron chi connectivity index (χ1n) is 3.90. The minimum Gasteiger partial charge on any atom is -0.481 e. The second kappa shape index (κ2) is 5.13. The van der Waals surface area contributed by atoms with Crippen LogP contribution in [0.4, 0.5) is 0 Å². The molecule has 0 bridgehead atoms. The highest BCUT2D eigenvalue weighted by Crippen LogP contribution is 2.10. The highest BCUT2D eigenvalue weighted by atomic mass is 16.5. The summed E-state index contributed by atoms with van der Waals surface area (Å²) in [6.45, 7) is 6.54. The lowest BCUT2D eigenvalue weighted by Crippen LogP contribution is -2.24. The number of rotatable bonds is 5. The third-order valence-corrected chi connectivity index (χ3v) is 1.62. The summed E-state index contributed by atoms with van der Waals surface area (Å²) in [5, 5.41) is 8.69. The number of aliphatic carboxylic acids is 1. The van der Waals surface area contributed by atoms with E-state index in [1.54, 1.807) is 0 Å². The Kier molecular flexibility index (Phi) is 4.86. The number of carbonyl (C=O) groups is 1. The maximum Gasteiger partial charge on any atom is 0.309 e. The number of carboxylic acids is 1. The van der Waals surface area contributed by atoms with Crippen molar-refractivity contribution in [1.29, 1.82) is 0 Å². The van der Waals surface area contributed by atoms with E-state index in [0.717, 1.165) is 0 Å². The van der Waals surface area contributed by atoms with Crippen molar-refractivity contribution in [3.05, 3.63) is 0 Å². The van der Waals surface area contributed by atoms with Gasteiger partial charge in [-0.2, -0.15) is 0 Å². The molecule has 0 rings (SSSR count). The molecule has 1 atom stereocenters. The SMILES string of the molecule is CCOCC(C(=O)O)C(C)C. The molecule has 0 aromatic carbocycles. The topological polar surface area (TPSA) is 46.5 Å². The normalized spacial score (nSPS) is 13.5. The van der Waals surface area contributed by atoms with Crippen LogP contribution in [0.1, 0.15) is 20.8 Å². The van der Waals surface area contributed by atoms with Gasteiger partial charge < -0.3 is 9.84 Å². The van der Waals surface area contributed by atoms with E-state index in [1.165, 1.54) is 0 Å². The quantitative estimate of drug-likeness (QED) is 0.661. The smallest absolute Gasteiger partial charge is 0.309 e. The molecule has 1 unspecified atom stereocenters. The van der Waals surface area contributed by atoms with Crippen LogP contribution in [-0.2, 0) is 9.53 Å². The molecule has 0 aromatic rings. The molecule has 0 heterocycles. The van der Waals surface area contributed by atoms with Crippen molar-refractivity contribution >= 4 is 5.97 Å². The zero-order chi connectivity index (χ0) is 8.85. The van der Waals surface area contributed by atoms with Crippen LogP contribution in [0, 0.1) is 11.8 Å². The first-order valence-corrected chi connectivity index (χ1v) is 3.90. The van der Waals surface area contributed by atoms with Crippen LogP contribution in [0.3, 0.4) is 0 Å². The van der Waals surface area contributed by atoms with Crippen LogP contribution in [-0.4, -0.2) is 24.3 Å². The Labute approximate surface area is 67.4 Å². The third kappa shape index (κ3) is 3.98. The summed E-state index contributed by atoms with van der Waals surface area (Å²) in [6.07, 6.45) is 0. The lowest BCUT2D eigenvalue weighted by molar-refractivity contribution is -0.145. The van der Waals surface area contributed by atoms with E-state index in [4.69, 9.17) is 9.84 Å². The zero-order valence-corrected chi connectivity index (χ0v) is 7.33. The molecule has 0 aliphatic rings. The summed E-state index contributed by atoms with van der Waals surface area (Å²) in [6, 6.07) is 0. The van der Waals surface area contributed by atoms with E-state index >= 15 is 0 Å². The Bertz CT molecular complexity index is 121. The molecule has 0 spiro atoms. The van der Waals surface area contributed by atoms with Gasteiger partial charge in [-0.3, -0.25) is 4.79 Å². The van der Waals surface area contributed by atoms with Crippen LogP contribution in [0.2, 0.25) is 0 Å². The predicted octanol–water partition coefficient (Wildman–Crippen LogP) is 1.38. The Morgan fingerprint density at radius 3 is 2.36 bits per heavy atom. The summed E-state index contributed by atoms with van der Waals surface area (Å²) < 4.78 is 5.04. The Balaban J connectivity index is 3.80. The predicted molar refractivity (Wildman–Crippen MR) is 42.5 cm³/mol. The van der Waals surface area contributed by atoms with Gasteiger partial charge in [0.25, 0.3) is 0 Å². The van der Waals surface area contributed by atoms with Crippen molar-refractivity contribution in [3.63, 3.8) is 0 Å². The molecule has 3 heteroatoms. The van der Waals surface area contributed by atoms with Crippen LogP contribution in [0.5, 0.6) is 0 Å². The highest BCUT2D eigenvalue weighted by molar-refractivity contribution is 5.70. The van der Waals surface area contributed by atoms with Crippen molar-refractivity contribution in [2.45, 2.75) is 20.8 Å². The summed E-state index contributed by atoms with van der Waals surface area (Å²) in [5.41, 5.74) is 0. The van der Waals surface area contributed by atoms with E-state index in [1.807, 2.05) is 20.8 Å². The third-order valence-electron chi connectivity index (χ3n) is 1.62. The monoisotopic (exact) mass is 160 g/mol. The molecule has 0 aromatic heterocycles. The van der Waals surface area contributed by atoms with Gasteiger partial charge in [0.2, 0.25) is 0 Å². The van der Waals surface area contributed by atoms with Crippen molar-refractivity contribution in [2.75, 3.05) is 13.2 Å². The lowest BCUT2D eigenvalue weighted by Gasteiger charge is -2.15. The Morgan fingerprint density at radius 1 is 1.55 bits per heavy atom. The van der Waals surface area contributed by atoms with Crippen LogP contribution < -0.4 is 0 Å². The molecule has 3 nitrogen and oxygen atoms in total. The van der Waals surface area contributed by atoms with E-state index in [-0.39, 0.29) is 11.8 Å². The highest BCUT2D eigenvalue weighted by Gasteiger charge is 2.20. The molecule has 66 valence electrons. The number of hydrogen-bond donors (Lipinski definition) is 1. The molecule has 0 saturated carbocycles. The first kappa shape index (κ1) is 10.4. The van der Waals surface area contributed by atoms with Gasteiger partial charge in [-0.15, -0.1) is 0 Å². The van der Waals surface area contributed by atoms with Gasteiger partial charge in [0.1, 0.15) is 0 Å². The maximum absolute atomic E-state index is 10.6. The van der Waals surface area contributed by atoms with Gasteiger partial charge in [0.15, 0.2) is 0 Å². The molecule has 1 N–H and O–H groups in total. The van der Waals surface area contributed by atoms with E-state index in [2.05, 4.69) is 0 Å². The first-order chi connectivity index (χ1) is 5.09. The second-order valence-corrected chi connectivity index (χ2v) is 2.85. The van der Waals surface area contributed by atoms with Gasteiger partial charge in [0, 0.05) is 6.61 Å². The zero-order valence-electron chi connectivity index (χ0n) is 7.33. The fourth-order valence-electron chi connectivity index (χ4n) is 0.794. The summed E-state index contributed by atoms with van der Waals surface area (Å²) >= 11 is 0. The Hall–Kier alpha value is -0.570. The number of ether oxygens (including phenoxy) is 1. The molecule has 0 saturated heterocycles. The minimum absolute atomic E-state index is 0.138.